The molecule has 0 aliphatic rings. The molecule has 0 amide bonds. The summed E-state index contributed by atoms with van der Waals surface area (Å²) in [6, 6.07) is 3.76. The van der Waals surface area contributed by atoms with Crippen LogP contribution in [0.4, 0.5) is 0 Å². The van der Waals surface area contributed by atoms with E-state index in [-0.39, 0.29) is 0 Å². The van der Waals surface area contributed by atoms with E-state index in [1.54, 1.807) is 13.8 Å². The molecule has 18 heavy (non-hydrogen) atoms. The first kappa shape index (κ1) is 15.6. The maximum Gasteiger partial charge on any atom is 0.209 e. The Morgan fingerprint density at radius 3 is 2.67 bits per heavy atom. The molecule has 1 heterocycles. The standard InChI is InChI=1S/C11H20N2O3S2/c1-11(2,13-18(3,15)16)8-12-7-9(14)10-5-4-6-17-10/h4-6,9,12-14H,7-8H2,1-3H3. The summed E-state index contributed by atoms with van der Waals surface area (Å²) < 4.78 is 24.8. The minimum absolute atomic E-state index is 0.398. The summed E-state index contributed by atoms with van der Waals surface area (Å²) in [6.07, 6.45) is 0.578. The Kier molecular flexibility index (Phi) is 5.30. The summed E-state index contributed by atoms with van der Waals surface area (Å²) in [5.74, 6) is 0. The zero-order chi connectivity index (χ0) is 13.8. The van der Waals surface area contributed by atoms with Crippen molar-refractivity contribution in [3.05, 3.63) is 22.4 Å². The number of aliphatic hydroxyl groups is 1. The summed E-state index contributed by atoms with van der Waals surface area (Å²) in [4.78, 5) is 0.899. The van der Waals surface area contributed by atoms with Crippen LogP contribution in [0.2, 0.25) is 0 Å². The lowest BCUT2D eigenvalue weighted by Crippen LogP contribution is -2.50. The fourth-order valence-electron chi connectivity index (χ4n) is 1.64. The molecular formula is C11H20N2O3S2. The van der Waals surface area contributed by atoms with E-state index in [0.29, 0.717) is 13.1 Å². The minimum atomic E-state index is -3.23. The molecule has 0 aliphatic carbocycles. The molecule has 0 spiro atoms. The first-order valence-electron chi connectivity index (χ1n) is 5.61. The molecule has 1 aromatic rings. The van der Waals surface area contributed by atoms with E-state index in [4.69, 9.17) is 0 Å². The molecular weight excluding hydrogens is 272 g/mol. The van der Waals surface area contributed by atoms with E-state index in [2.05, 4.69) is 10.0 Å². The number of hydrogen-bond acceptors (Lipinski definition) is 5. The van der Waals surface area contributed by atoms with Crippen molar-refractivity contribution >= 4 is 21.4 Å². The maximum absolute atomic E-state index is 11.1. The van der Waals surface area contributed by atoms with Crippen LogP contribution in [-0.4, -0.2) is 38.4 Å². The lowest BCUT2D eigenvalue weighted by Gasteiger charge is -2.26. The second-order valence-electron chi connectivity index (χ2n) is 4.92. The molecule has 3 N–H and O–H groups in total. The monoisotopic (exact) mass is 292 g/mol. The van der Waals surface area contributed by atoms with Crippen LogP contribution in [0.15, 0.2) is 17.5 Å². The zero-order valence-corrected chi connectivity index (χ0v) is 12.4. The first-order valence-corrected chi connectivity index (χ1v) is 8.38. The number of aliphatic hydroxyl groups excluding tert-OH is 1. The second-order valence-corrected chi connectivity index (χ2v) is 7.65. The van der Waals surface area contributed by atoms with E-state index in [1.165, 1.54) is 11.3 Å². The van der Waals surface area contributed by atoms with E-state index >= 15 is 0 Å². The van der Waals surface area contributed by atoms with Gasteiger partial charge in [-0.25, -0.2) is 13.1 Å². The summed E-state index contributed by atoms with van der Waals surface area (Å²) in [7, 11) is -3.23. The van der Waals surface area contributed by atoms with Crippen molar-refractivity contribution in [1.82, 2.24) is 10.0 Å². The van der Waals surface area contributed by atoms with Crippen molar-refractivity contribution in [2.45, 2.75) is 25.5 Å². The van der Waals surface area contributed by atoms with Crippen LogP contribution in [-0.2, 0) is 10.0 Å². The Balaban J connectivity index is 2.37. The van der Waals surface area contributed by atoms with Crippen LogP contribution >= 0.6 is 11.3 Å². The van der Waals surface area contributed by atoms with Gasteiger partial charge in [0.2, 0.25) is 10.0 Å². The number of rotatable bonds is 7. The van der Waals surface area contributed by atoms with Crippen LogP contribution in [0.25, 0.3) is 0 Å². The van der Waals surface area contributed by atoms with Gasteiger partial charge in [0.15, 0.2) is 0 Å². The van der Waals surface area contributed by atoms with Gasteiger partial charge in [-0.2, -0.15) is 0 Å². The maximum atomic E-state index is 11.1. The van der Waals surface area contributed by atoms with Gasteiger partial charge in [0.05, 0.1) is 6.26 Å². The molecule has 0 bridgehead atoms. The molecule has 0 aromatic carbocycles. The molecule has 1 aromatic heterocycles. The quantitative estimate of drug-likeness (QED) is 0.691. The fraction of sp³-hybridized carbons (Fsp3) is 0.636. The van der Waals surface area contributed by atoms with Gasteiger partial charge in [-0.1, -0.05) is 6.07 Å². The second kappa shape index (κ2) is 6.12. The van der Waals surface area contributed by atoms with Gasteiger partial charge in [0.25, 0.3) is 0 Å². The lowest BCUT2D eigenvalue weighted by molar-refractivity contribution is 0.175. The van der Waals surface area contributed by atoms with Gasteiger partial charge in [-0.15, -0.1) is 11.3 Å². The molecule has 1 atom stereocenters. The van der Waals surface area contributed by atoms with Gasteiger partial charge >= 0.3 is 0 Å². The smallest absolute Gasteiger partial charge is 0.209 e. The van der Waals surface area contributed by atoms with E-state index in [0.717, 1.165) is 11.1 Å². The highest BCUT2D eigenvalue weighted by molar-refractivity contribution is 7.88. The van der Waals surface area contributed by atoms with Gasteiger partial charge in [-0.05, 0) is 25.3 Å². The summed E-state index contributed by atoms with van der Waals surface area (Å²) >= 11 is 1.50. The molecule has 1 unspecified atom stereocenters. The van der Waals surface area contributed by atoms with Crippen LogP contribution in [0, 0.1) is 0 Å². The highest BCUT2D eigenvalue weighted by Gasteiger charge is 2.22. The molecule has 0 radical (unpaired) electrons. The number of nitrogens with one attached hydrogen (secondary N) is 2. The van der Waals surface area contributed by atoms with Crippen LogP contribution in [0.3, 0.4) is 0 Å². The molecule has 5 nitrogen and oxygen atoms in total. The average Bonchev–Trinajstić information content (AvgIpc) is 2.65. The lowest BCUT2D eigenvalue weighted by atomic mass is 10.1. The summed E-state index contributed by atoms with van der Waals surface area (Å²) in [6.45, 7) is 4.43. The Labute approximate surface area is 112 Å². The fourth-order valence-corrected chi connectivity index (χ4v) is 3.43. The van der Waals surface area contributed by atoms with E-state index in [9.17, 15) is 13.5 Å². The normalized spacial score (nSPS) is 14.7. The van der Waals surface area contributed by atoms with Crippen LogP contribution in [0.5, 0.6) is 0 Å². The molecule has 0 fully saturated rings. The van der Waals surface area contributed by atoms with Crippen molar-refractivity contribution in [2.24, 2.45) is 0 Å². The average molecular weight is 292 g/mol. The van der Waals surface area contributed by atoms with Crippen molar-refractivity contribution in [2.75, 3.05) is 19.3 Å². The number of sulfonamides is 1. The Bertz CT molecular complexity index is 455. The molecule has 0 aliphatic heterocycles. The largest absolute Gasteiger partial charge is 0.386 e. The van der Waals surface area contributed by atoms with Crippen molar-refractivity contribution < 1.29 is 13.5 Å². The molecule has 0 saturated heterocycles. The van der Waals surface area contributed by atoms with Crippen LogP contribution < -0.4 is 10.0 Å². The predicted molar refractivity (Wildman–Crippen MR) is 74.2 cm³/mol. The summed E-state index contributed by atoms with van der Waals surface area (Å²) in [5, 5.41) is 14.8. The highest BCUT2D eigenvalue weighted by Crippen LogP contribution is 2.17. The topological polar surface area (TPSA) is 78.4 Å². The van der Waals surface area contributed by atoms with Crippen molar-refractivity contribution in [3.63, 3.8) is 0 Å². The first-order chi connectivity index (χ1) is 8.20. The van der Waals surface area contributed by atoms with E-state index in [1.807, 2.05) is 17.5 Å². The number of thiophene rings is 1. The predicted octanol–water partition coefficient (Wildman–Crippen LogP) is 0.699. The van der Waals surface area contributed by atoms with E-state index < -0.39 is 21.7 Å². The minimum Gasteiger partial charge on any atom is -0.386 e. The van der Waals surface area contributed by atoms with Gasteiger partial charge in [-0.3, -0.25) is 0 Å². The van der Waals surface area contributed by atoms with Gasteiger partial charge < -0.3 is 10.4 Å². The van der Waals surface area contributed by atoms with Gasteiger partial charge in [0.1, 0.15) is 6.10 Å². The van der Waals surface area contributed by atoms with Crippen LogP contribution in [0.1, 0.15) is 24.8 Å². The number of hydrogen-bond donors (Lipinski definition) is 3. The Hall–Kier alpha value is -0.470. The van der Waals surface area contributed by atoms with Crippen molar-refractivity contribution in [1.29, 1.82) is 0 Å². The molecule has 1 rings (SSSR count). The highest BCUT2D eigenvalue weighted by atomic mass is 32.2. The van der Waals surface area contributed by atoms with Crippen molar-refractivity contribution in [3.8, 4) is 0 Å². The third kappa shape index (κ3) is 5.92. The third-order valence-corrected chi connectivity index (χ3v) is 4.13. The third-order valence-electron chi connectivity index (χ3n) is 2.24. The van der Waals surface area contributed by atoms with Gasteiger partial charge in [0, 0.05) is 23.5 Å². The molecule has 0 saturated carbocycles. The Morgan fingerprint density at radius 1 is 1.50 bits per heavy atom. The molecule has 7 heteroatoms. The zero-order valence-electron chi connectivity index (χ0n) is 10.8. The SMILES string of the molecule is CC(C)(CNCC(O)c1cccs1)NS(C)(=O)=O. The molecule has 104 valence electrons. The Morgan fingerprint density at radius 2 is 2.17 bits per heavy atom. The summed E-state index contributed by atoms with van der Waals surface area (Å²) in [5.41, 5.74) is -0.581.